The second-order valence-corrected chi connectivity index (χ2v) is 4.50. The first-order valence-electron chi connectivity index (χ1n) is 6.48. The predicted molar refractivity (Wildman–Crippen MR) is 60.7 cm³/mol. The molecule has 0 aromatic heterocycles. The van der Waals surface area contributed by atoms with E-state index in [1.165, 1.54) is 25.7 Å². The minimum Gasteiger partial charge on any atom is -0.550 e. The molecule has 0 aromatic carbocycles. The molecule has 0 fully saturated rings. The zero-order valence-electron chi connectivity index (χ0n) is 10.6. The SMILES string of the molecule is CCCCCCCCCC(CC(=O)[O-])C(=O)[O-]. The molecule has 4 nitrogen and oxygen atoms in total. The third-order valence-electron chi connectivity index (χ3n) is 2.90. The third-order valence-corrected chi connectivity index (χ3v) is 2.90. The standard InChI is InChI=1S/C13H24O4/c1-2-3-4-5-6-7-8-9-11(13(16)17)10-12(14)15/h11H,2-10H2,1H3,(H,14,15)(H,16,17)/p-2. The van der Waals surface area contributed by atoms with Gasteiger partial charge in [-0.15, -0.1) is 0 Å². The summed E-state index contributed by atoms with van der Waals surface area (Å²) in [4.78, 5) is 21.0. The fraction of sp³-hybridized carbons (Fsp3) is 0.846. The molecule has 0 radical (unpaired) electrons. The minimum atomic E-state index is -1.32. The van der Waals surface area contributed by atoms with Gasteiger partial charge in [0.1, 0.15) is 0 Å². The molecule has 0 heterocycles. The van der Waals surface area contributed by atoms with E-state index in [-0.39, 0.29) is 0 Å². The average molecular weight is 242 g/mol. The van der Waals surface area contributed by atoms with Gasteiger partial charge in [0.25, 0.3) is 0 Å². The second-order valence-electron chi connectivity index (χ2n) is 4.50. The van der Waals surface area contributed by atoms with Crippen LogP contribution in [0, 0.1) is 5.92 Å². The molecule has 0 spiro atoms. The number of carbonyl (C=O) groups excluding carboxylic acids is 2. The third kappa shape index (κ3) is 9.85. The van der Waals surface area contributed by atoms with Crippen molar-refractivity contribution in [1.82, 2.24) is 0 Å². The maximum Gasteiger partial charge on any atom is 0.0449 e. The molecule has 0 amide bonds. The molecule has 0 aromatic rings. The molecular formula is C13H22O4-2. The van der Waals surface area contributed by atoms with Crippen molar-refractivity contribution < 1.29 is 19.8 Å². The van der Waals surface area contributed by atoms with E-state index in [0.29, 0.717) is 6.42 Å². The Morgan fingerprint density at radius 3 is 1.94 bits per heavy atom. The Morgan fingerprint density at radius 1 is 0.941 bits per heavy atom. The Balaban J connectivity index is 3.55. The van der Waals surface area contributed by atoms with Gasteiger partial charge in [-0.2, -0.15) is 0 Å². The molecule has 100 valence electrons. The first-order valence-corrected chi connectivity index (χ1v) is 6.48. The van der Waals surface area contributed by atoms with Crippen molar-refractivity contribution in [3.8, 4) is 0 Å². The Bertz CT molecular complexity index is 225. The average Bonchev–Trinajstić information content (AvgIpc) is 2.25. The molecule has 0 bridgehead atoms. The lowest BCUT2D eigenvalue weighted by Gasteiger charge is -2.18. The zero-order valence-corrected chi connectivity index (χ0v) is 10.6. The van der Waals surface area contributed by atoms with Crippen molar-refractivity contribution in [1.29, 1.82) is 0 Å². The summed E-state index contributed by atoms with van der Waals surface area (Å²) < 4.78 is 0. The van der Waals surface area contributed by atoms with E-state index in [4.69, 9.17) is 0 Å². The van der Waals surface area contributed by atoms with Gasteiger partial charge in [0.2, 0.25) is 0 Å². The van der Waals surface area contributed by atoms with E-state index >= 15 is 0 Å². The Hall–Kier alpha value is -1.06. The van der Waals surface area contributed by atoms with Gasteiger partial charge in [-0.1, -0.05) is 51.9 Å². The fourth-order valence-electron chi connectivity index (χ4n) is 1.85. The van der Waals surface area contributed by atoms with Crippen LogP contribution in [0.1, 0.15) is 64.7 Å². The van der Waals surface area contributed by atoms with Gasteiger partial charge >= 0.3 is 0 Å². The molecule has 0 saturated heterocycles. The first kappa shape index (κ1) is 15.9. The normalized spacial score (nSPS) is 12.3. The molecule has 0 rings (SSSR count). The van der Waals surface area contributed by atoms with Crippen LogP contribution >= 0.6 is 0 Å². The number of carboxylic acids is 2. The van der Waals surface area contributed by atoms with Crippen LogP contribution in [0.15, 0.2) is 0 Å². The molecule has 4 heteroatoms. The molecule has 1 unspecified atom stereocenters. The van der Waals surface area contributed by atoms with Crippen LogP contribution in [0.3, 0.4) is 0 Å². The van der Waals surface area contributed by atoms with E-state index < -0.39 is 24.3 Å². The summed E-state index contributed by atoms with van der Waals surface area (Å²) in [5.74, 6) is -3.49. The molecule has 0 N–H and O–H groups in total. The van der Waals surface area contributed by atoms with Gasteiger partial charge in [0, 0.05) is 17.9 Å². The maximum atomic E-state index is 10.6. The van der Waals surface area contributed by atoms with Crippen molar-refractivity contribution >= 4 is 11.9 Å². The zero-order chi connectivity index (χ0) is 13.1. The Kier molecular flexibility index (Phi) is 9.49. The van der Waals surface area contributed by atoms with Crippen LogP contribution < -0.4 is 10.2 Å². The minimum absolute atomic E-state index is 0.379. The van der Waals surface area contributed by atoms with Gasteiger partial charge in [-0.3, -0.25) is 0 Å². The van der Waals surface area contributed by atoms with Crippen LogP contribution in [0.5, 0.6) is 0 Å². The highest BCUT2D eigenvalue weighted by molar-refractivity contribution is 5.75. The van der Waals surface area contributed by atoms with Gasteiger partial charge in [0.05, 0.1) is 0 Å². The second kappa shape index (κ2) is 10.1. The number of unbranched alkanes of at least 4 members (excludes halogenated alkanes) is 6. The summed E-state index contributed by atoms with van der Waals surface area (Å²) in [5, 5.41) is 21.0. The molecule has 0 aliphatic rings. The van der Waals surface area contributed by atoms with E-state index in [1.54, 1.807) is 0 Å². The molecule has 0 saturated carbocycles. The first-order chi connectivity index (χ1) is 8.07. The quantitative estimate of drug-likeness (QED) is 0.498. The Morgan fingerprint density at radius 2 is 1.47 bits per heavy atom. The maximum absolute atomic E-state index is 10.6. The van der Waals surface area contributed by atoms with Crippen LogP contribution in [0.2, 0.25) is 0 Å². The summed E-state index contributed by atoms with van der Waals surface area (Å²) >= 11 is 0. The predicted octanol–water partition coefficient (Wildman–Crippen LogP) is 0.633. The summed E-state index contributed by atoms with van der Waals surface area (Å²) in [6.07, 6.45) is 7.58. The van der Waals surface area contributed by atoms with E-state index in [1.807, 2.05) is 0 Å². The smallest absolute Gasteiger partial charge is 0.0449 e. The highest BCUT2D eigenvalue weighted by Crippen LogP contribution is 2.14. The molecular weight excluding hydrogens is 220 g/mol. The topological polar surface area (TPSA) is 80.3 Å². The summed E-state index contributed by atoms with van der Waals surface area (Å²) in [6.45, 7) is 2.16. The highest BCUT2D eigenvalue weighted by atomic mass is 16.4. The number of hydrogen-bond acceptors (Lipinski definition) is 4. The molecule has 17 heavy (non-hydrogen) atoms. The van der Waals surface area contributed by atoms with E-state index in [2.05, 4.69) is 6.92 Å². The molecule has 1 atom stereocenters. The van der Waals surface area contributed by atoms with Gasteiger partial charge in [0.15, 0.2) is 0 Å². The van der Waals surface area contributed by atoms with Crippen LogP contribution in [-0.4, -0.2) is 11.9 Å². The van der Waals surface area contributed by atoms with Crippen molar-refractivity contribution in [2.24, 2.45) is 5.92 Å². The van der Waals surface area contributed by atoms with Crippen molar-refractivity contribution in [2.45, 2.75) is 64.7 Å². The molecule has 0 aliphatic carbocycles. The lowest BCUT2D eigenvalue weighted by molar-refractivity contribution is -0.321. The van der Waals surface area contributed by atoms with Gasteiger partial charge < -0.3 is 19.8 Å². The Labute approximate surface area is 103 Å². The number of aliphatic carboxylic acids is 2. The summed E-state index contributed by atoms with van der Waals surface area (Å²) in [5.41, 5.74) is 0. The lowest BCUT2D eigenvalue weighted by Crippen LogP contribution is -2.36. The highest BCUT2D eigenvalue weighted by Gasteiger charge is 2.09. The van der Waals surface area contributed by atoms with Crippen LogP contribution in [0.25, 0.3) is 0 Å². The van der Waals surface area contributed by atoms with Crippen LogP contribution in [-0.2, 0) is 9.59 Å². The number of carboxylic acid groups (broad SMARTS) is 2. The largest absolute Gasteiger partial charge is 0.550 e. The van der Waals surface area contributed by atoms with Crippen molar-refractivity contribution in [3.63, 3.8) is 0 Å². The van der Waals surface area contributed by atoms with E-state index in [0.717, 1.165) is 19.3 Å². The summed E-state index contributed by atoms with van der Waals surface area (Å²) in [6, 6.07) is 0. The van der Waals surface area contributed by atoms with Gasteiger partial charge in [-0.25, -0.2) is 0 Å². The number of rotatable bonds is 11. The fourth-order valence-corrected chi connectivity index (χ4v) is 1.85. The number of hydrogen-bond donors (Lipinski definition) is 0. The lowest BCUT2D eigenvalue weighted by atomic mass is 9.97. The summed E-state index contributed by atoms with van der Waals surface area (Å²) in [7, 11) is 0. The van der Waals surface area contributed by atoms with Crippen LogP contribution in [0.4, 0.5) is 0 Å². The monoisotopic (exact) mass is 242 g/mol. The van der Waals surface area contributed by atoms with Crippen molar-refractivity contribution in [2.75, 3.05) is 0 Å². The van der Waals surface area contributed by atoms with Gasteiger partial charge in [-0.05, 0) is 12.8 Å². The van der Waals surface area contributed by atoms with E-state index in [9.17, 15) is 19.8 Å². The number of carbonyl (C=O) groups is 2. The van der Waals surface area contributed by atoms with Crippen molar-refractivity contribution in [3.05, 3.63) is 0 Å². The molecule has 0 aliphatic heterocycles.